The number of hydrogen-bond acceptors (Lipinski definition) is 3. The molecule has 4 heteroatoms. The van der Waals surface area contributed by atoms with Gasteiger partial charge in [-0.25, -0.2) is 0 Å². The van der Waals surface area contributed by atoms with Crippen molar-refractivity contribution in [1.82, 2.24) is 15.5 Å². The molecule has 0 bridgehead atoms. The Balaban J connectivity index is 2.11. The van der Waals surface area contributed by atoms with Crippen molar-refractivity contribution in [1.29, 1.82) is 0 Å². The molecule has 0 aromatic heterocycles. The maximum Gasteiger partial charge on any atom is 0.234 e. The molecule has 1 heterocycles. The summed E-state index contributed by atoms with van der Waals surface area (Å²) in [5.74, 6) is 1.29. The molecule has 18 heavy (non-hydrogen) atoms. The van der Waals surface area contributed by atoms with Crippen LogP contribution in [0, 0.1) is 11.8 Å². The second-order valence-corrected chi connectivity index (χ2v) is 6.00. The largest absolute Gasteiger partial charge is 0.352 e. The van der Waals surface area contributed by atoms with Crippen molar-refractivity contribution in [3.05, 3.63) is 0 Å². The van der Waals surface area contributed by atoms with Gasteiger partial charge in [-0.05, 0) is 51.7 Å². The third-order valence-electron chi connectivity index (χ3n) is 3.83. The normalized spacial score (nSPS) is 23.1. The lowest BCUT2D eigenvalue weighted by Gasteiger charge is -2.29. The number of amides is 1. The predicted octanol–water partition coefficient (Wildman–Crippen LogP) is 1.08. The molecule has 2 atom stereocenters. The molecule has 0 radical (unpaired) electrons. The molecule has 1 aliphatic rings. The van der Waals surface area contributed by atoms with E-state index in [-0.39, 0.29) is 11.9 Å². The Morgan fingerprint density at radius 1 is 1.39 bits per heavy atom. The second kappa shape index (κ2) is 7.74. The lowest BCUT2D eigenvalue weighted by atomic mass is 9.98. The minimum absolute atomic E-state index is 0.111. The highest BCUT2D eigenvalue weighted by molar-refractivity contribution is 5.78. The van der Waals surface area contributed by atoms with Crippen molar-refractivity contribution in [2.45, 2.75) is 39.7 Å². The molecular weight excluding hydrogens is 226 g/mol. The van der Waals surface area contributed by atoms with Gasteiger partial charge in [0.15, 0.2) is 0 Å². The summed E-state index contributed by atoms with van der Waals surface area (Å²) in [5.41, 5.74) is 0. The maximum absolute atomic E-state index is 11.7. The van der Waals surface area contributed by atoms with E-state index in [1.54, 1.807) is 0 Å². The molecule has 1 fully saturated rings. The van der Waals surface area contributed by atoms with Crippen LogP contribution in [0.5, 0.6) is 0 Å². The van der Waals surface area contributed by atoms with Crippen LogP contribution >= 0.6 is 0 Å². The van der Waals surface area contributed by atoms with Gasteiger partial charge in [0.1, 0.15) is 0 Å². The summed E-state index contributed by atoms with van der Waals surface area (Å²) in [6, 6.07) is 0.250. The number of nitrogens with one attached hydrogen (secondary N) is 2. The van der Waals surface area contributed by atoms with Crippen LogP contribution in [0.25, 0.3) is 0 Å². The van der Waals surface area contributed by atoms with Crippen LogP contribution in [0.2, 0.25) is 0 Å². The zero-order valence-electron chi connectivity index (χ0n) is 12.3. The van der Waals surface area contributed by atoms with E-state index in [4.69, 9.17) is 0 Å². The van der Waals surface area contributed by atoms with Crippen molar-refractivity contribution >= 4 is 5.91 Å². The molecule has 1 amide bonds. The van der Waals surface area contributed by atoms with Crippen LogP contribution in [0.3, 0.4) is 0 Å². The lowest BCUT2D eigenvalue weighted by molar-refractivity contribution is -0.121. The fraction of sp³-hybridized carbons (Fsp3) is 0.929. The number of carbonyl (C=O) groups excluding carboxylic acids is 1. The van der Waals surface area contributed by atoms with Crippen LogP contribution in [-0.2, 0) is 4.79 Å². The summed E-state index contributed by atoms with van der Waals surface area (Å²) < 4.78 is 0. The lowest BCUT2D eigenvalue weighted by Crippen LogP contribution is -2.43. The van der Waals surface area contributed by atoms with Gasteiger partial charge in [0.25, 0.3) is 0 Å². The zero-order chi connectivity index (χ0) is 13.5. The smallest absolute Gasteiger partial charge is 0.234 e. The van der Waals surface area contributed by atoms with Crippen LogP contribution in [-0.4, -0.2) is 50.1 Å². The molecule has 2 N–H and O–H groups in total. The first-order valence-corrected chi connectivity index (χ1v) is 7.17. The second-order valence-electron chi connectivity index (χ2n) is 6.00. The molecule has 2 unspecified atom stereocenters. The van der Waals surface area contributed by atoms with E-state index >= 15 is 0 Å². The molecule has 106 valence electrons. The summed E-state index contributed by atoms with van der Waals surface area (Å²) in [6.45, 7) is 10.1. The molecule has 0 saturated carbocycles. The molecule has 1 rings (SSSR count). The molecule has 0 aromatic rings. The van der Waals surface area contributed by atoms with E-state index in [2.05, 4.69) is 43.4 Å². The van der Waals surface area contributed by atoms with Crippen LogP contribution in [0.1, 0.15) is 33.6 Å². The van der Waals surface area contributed by atoms with Gasteiger partial charge in [0.05, 0.1) is 6.54 Å². The van der Waals surface area contributed by atoms with Crippen LogP contribution < -0.4 is 10.6 Å². The highest BCUT2D eigenvalue weighted by Gasteiger charge is 2.17. The Labute approximate surface area is 111 Å². The summed E-state index contributed by atoms with van der Waals surface area (Å²) in [4.78, 5) is 14.1. The number of carbonyl (C=O) groups is 1. The van der Waals surface area contributed by atoms with Gasteiger partial charge in [0, 0.05) is 12.6 Å². The van der Waals surface area contributed by atoms with Gasteiger partial charge < -0.3 is 15.5 Å². The van der Waals surface area contributed by atoms with Gasteiger partial charge in [-0.15, -0.1) is 0 Å². The van der Waals surface area contributed by atoms with Gasteiger partial charge in [-0.1, -0.05) is 13.8 Å². The summed E-state index contributed by atoms with van der Waals surface area (Å²) in [6.07, 6.45) is 2.56. The van der Waals surface area contributed by atoms with E-state index < -0.39 is 0 Å². The van der Waals surface area contributed by atoms with Crippen molar-refractivity contribution in [3.8, 4) is 0 Å². The van der Waals surface area contributed by atoms with E-state index in [9.17, 15) is 4.79 Å². The van der Waals surface area contributed by atoms with Crippen LogP contribution in [0.15, 0.2) is 0 Å². The zero-order valence-corrected chi connectivity index (χ0v) is 12.3. The Morgan fingerprint density at radius 2 is 2.11 bits per heavy atom. The number of likely N-dealkylation sites (tertiary alicyclic amines) is 1. The van der Waals surface area contributed by atoms with Gasteiger partial charge >= 0.3 is 0 Å². The van der Waals surface area contributed by atoms with Crippen molar-refractivity contribution in [2.75, 3.05) is 33.2 Å². The van der Waals surface area contributed by atoms with Gasteiger partial charge in [-0.2, -0.15) is 0 Å². The molecule has 0 spiro atoms. The molecule has 1 saturated heterocycles. The Morgan fingerprint density at radius 3 is 2.72 bits per heavy atom. The Hall–Kier alpha value is -0.610. The topological polar surface area (TPSA) is 44.4 Å². The fourth-order valence-corrected chi connectivity index (χ4v) is 2.30. The van der Waals surface area contributed by atoms with Crippen LogP contribution in [0.4, 0.5) is 0 Å². The van der Waals surface area contributed by atoms with E-state index in [0.717, 1.165) is 13.1 Å². The SMILES string of the molecule is CC(C)C(C)NC(=O)CNCC1CCCN(C)C1. The summed E-state index contributed by atoms with van der Waals surface area (Å²) >= 11 is 0. The van der Waals surface area contributed by atoms with Crippen molar-refractivity contribution in [3.63, 3.8) is 0 Å². The standard InChI is InChI=1S/C14H29N3O/c1-11(2)12(3)16-14(18)9-15-8-13-6-5-7-17(4)10-13/h11-13,15H,5-10H2,1-4H3,(H,16,18). The first-order chi connectivity index (χ1) is 8.49. The number of rotatable bonds is 6. The average Bonchev–Trinajstić information content (AvgIpc) is 2.28. The Bertz CT molecular complexity index is 255. The average molecular weight is 255 g/mol. The highest BCUT2D eigenvalue weighted by Crippen LogP contribution is 2.13. The number of hydrogen-bond donors (Lipinski definition) is 2. The van der Waals surface area contributed by atoms with Crippen molar-refractivity contribution in [2.24, 2.45) is 11.8 Å². The minimum Gasteiger partial charge on any atom is -0.352 e. The highest BCUT2D eigenvalue weighted by atomic mass is 16.1. The molecule has 1 aliphatic heterocycles. The van der Waals surface area contributed by atoms with Crippen molar-refractivity contribution < 1.29 is 4.79 Å². The summed E-state index contributed by atoms with van der Waals surface area (Å²) in [7, 11) is 2.17. The van der Waals surface area contributed by atoms with E-state index in [0.29, 0.717) is 18.4 Å². The molecule has 0 aromatic carbocycles. The van der Waals surface area contributed by atoms with E-state index in [1.807, 2.05) is 0 Å². The molecule has 4 nitrogen and oxygen atoms in total. The fourth-order valence-electron chi connectivity index (χ4n) is 2.30. The maximum atomic E-state index is 11.7. The van der Waals surface area contributed by atoms with E-state index in [1.165, 1.54) is 19.4 Å². The number of piperidine rings is 1. The van der Waals surface area contributed by atoms with Gasteiger partial charge in [0.2, 0.25) is 5.91 Å². The third kappa shape index (κ3) is 5.83. The monoisotopic (exact) mass is 255 g/mol. The first kappa shape index (κ1) is 15.4. The Kier molecular flexibility index (Phi) is 6.65. The molecule has 0 aliphatic carbocycles. The van der Waals surface area contributed by atoms with Gasteiger partial charge in [-0.3, -0.25) is 4.79 Å². The first-order valence-electron chi connectivity index (χ1n) is 7.17. The minimum atomic E-state index is 0.111. The summed E-state index contributed by atoms with van der Waals surface area (Å²) in [5, 5.41) is 6.29. The quantitative estimate of drug-likeness (QED) is 0.746. The third-order valence-corrected chi connectivity index (χ3v) is 3.83. The molecular formula is C14H29N3O. The predicted molar refractivity (Wildman–Crippen MR) is 75.5 cm³/mol. The number of nitrogens with zero attached hydrogens (tertiary/aromatic N) is 1.